The van der Waals surface area contributed by atoms with E-state index in [1.54, 1.807) is 6.92 Å². The number of hydrogen-bond acceptors (Lipinski definition) is 2. The van der Waals surface area contributed by atoms with E-state index in [1.807, 2.05) is 31.2 Å². The van der Waals surface area contributed by atoms with Gasteiger partial charge in [-0.05, 0) is 43.5 Å². The van der Waals surface area contributed by atoms with Crippen LogP contribution in [-0.4, -0.2) is 12.6 Å². The van der Waals surface area contributed by atoms with Crippen LogP contribution in [-0.2, 0) is 11.2 Å². The van der Waals surface area contributed by atoms with Crippen molar-refractivity contribution in [1.29, 1.82) is 0 Å². The number of allylic oxidation sites excluding steroid dienone is 1. The van der Waals surface area contributed by atoms with E-state index in [0.717, 1.165) is 17.5 Å². The Morgan fingerprint density at radius 3 is 2.80 bits per heavy atom. The minimum absolute atomic E-state index is 0.258. The maximum absolute atomic E-state index is 11.5. The highest BCUT2D eigenvalue weighted by atomic mass is 16.5. The first-order chi connectivity index (χ1) is 7.17. The first kappa shape index (κ1) is 11.5. The fraction of sp³-hybridized carbons (Fsp3) is 0.308. The molecule has 0 atom stereocenters. The largest absolute Gasteiger partial charge is 0.462 e. The summed E-state index contributed by atoms with van der Waals surface area (Å²) >= 11 is 0. The third-order valence-corrected chi connectivity index (χ3v) is 2.03. The third kappa shape index (κ3) is 3.24. The number of benzene rings is 1. The van der Waals surface area contributed by atoms with Crippen LogP contribution in [0.25, 0.3) is 0 Å². The molecule has 2 nitrogen and oxygen atoms in total. The molecule has 0 saturated carbocycles. The molecular formula is C13H16O2. The van der Waals surface area contributed by atoms with Crippen LogP contribution in [0.1, 0.15) is 28.4 Å². The summed E-state index contributed by atoms with van der Waals surface area (Å²) in [6.07, 6.45) is 2.60. The Balaban J connectivity index is 2.97. The highest BCUT2D eigenvalue weighted by Crippen LogP contribution is 2.12. The van der Waals surface area contributed by atoms with Crippen LogP contribution >= 0.6 is 0 Å². The normalized spacial score (nSPS) is 9.73. The van der Waals surface area contributed by atoms with Crippen molar-refractivity contribution in [3.05, 3.63) is 47.5 Å². The summed E-state index contributed by atoms with van der Waals surface area (Å²) in [5.41, 5.74) is 2.78. The van der Waals surface area contributed by atoms with Crippen LogP contribution in [0.2, 0.25) is 0 Å². The van der Waals surface area contributed by atoms with E-state index in [0.29, 0.717) is 12.2 Å². The minimum Gasteiger partial charge on any atom is -0.462 e. The number of rotatable bonds is 4. The van der Waals surface area contributed by atoms with Gasteiger partial charge in [0.15, 0.2) is 0 Å². The van der Waals surface area contributed by atoms with Crippen LogP contribution in [0, 0.1) is 6.92 Å². The average molecular weight is 204 g/mol. The zero-order valence-corrected chi connectivity index (χ0v) is 9.25. The molecule has 0 heterocycles. The quantitative estimate of drug-likeness (QED) is 0.557. The zero-order valence-electron chi connectivity index (χ0n) is 9.25. The van der Waals surface area contributed by atoms with E-state index < -0.39 is 0 Å². The van der Waals surface area contributed by atoms with Crippen molar-refractivity contribution in [3.8, 4) is 0 Å². The molecule has 2 heteroatoms. The number of carbonyl (C=O) groups excluding carboxylic acids is 1. The fourth-order valence-electron chi connectivity index (χ4n) is 1.48. The van der Waals surface area contributed by atoms with Gasteiger partial charge in [0.2, 0.25) is 0 Å². The summed E-state index contributed by atoms with van der Waals surface area (Å²) < 4.78 is 4.95. The van der Waals surface area contributed by atoms with Crippen molar-refractivity contribution >= 4 is 5.97 Å². The molecule has 0 aromatic heterocycles. The molecule has 1 aromatic carbocycles. The summed E-state index contributed by atoms with van der Waals surface area (Å²) in [4.78, 5) is 11.5. The summed E-state index contributed by atoms with van der Waals surface area (Å²) in [6.45, 7) is 7.86. The lowest BCUT2D eigenvalue weighted by atomic mass is 10.0. The van der Waals surface area contributed by atoms with E-state index in [4.69, 9.17) is 4.74 Å². The molecule has 80 valence electrons. The van der Waals surface area contributed by atoms with E-state index in [1.165, 1.54) is 0 Å². The number of ether oxygens (including phenoxy) is 1. The zero-order chi connectivity index (χ0) is 11.3. The lowest BCUT2D eigenvalue weighted by Gasteiger charge is -2.05. The highest BCUT2D eigenvalue weighted by molar-refractivity contribution is 5.89. The summed E-state index contributed by atoms with van der Waals surface area (Å²) in [5, 5.41) is 0. The standard InChI is InChI=1S/C13H16O2/c1-4-6-11-7-10(3)8-12(9-11)13(14)15-5-2/h4,7-9H,1,5-6H2,2-3H3. The van der Waals surface area contributed by atoms with E-state index >= 15 is 0 Å². The van der Waals surface area contributed by atoms with Gasteiger partial charge in [-0.1, -0.05) is 12.1 Å². The van der Waals surface area contributed by atoms with Gasteiger partial charge < -0.3 is 4.74 Å². The molecular weight excluding hydrogens is 188 g/mol. The smallest absolute Gasteiger partial charge is 0.338 e. The average Bonchev–Trinajstić information content (AvgIpc) is 2.17. The van der Waals surface area contributed by atoms with Crippen molar-refractivity contribution in [2.45, 2.75) is 20.3 Å². The van der Waals surface area contributed by atoms with Gasteiger partial charge in [-0.15, -0.1) is 6.58 Å². The predicted octanol–water partition coefficient (Wildman–Crippen LogP) is 2.90. The molecule has 0 N–H and O–H groups in total. The summed E-state index contributed by atoms with van der Waals surface area (Å²) in [5.74, 6) is -0.258. The van der Waals surface area contributed by atoms with Gasteiger partial charge in [0.05, 0.1) is 12.2 Å². The lowest BCUT2D eigenvalue weighted by Crippen LogP contribution is -2.05. The number of hydrogen-bond donors (Lipinski definition) is 0. The SMILES string of the molecule is C=CCc1cc(C)cc(C(=O)OCC)c1. The van der Waals surface area contributed by atoms with E-state index in [-0.39, 0.29) is 5.97 Å². The number of carbonyl (C=O) groups is 1. The van der Waals surface area contributed by atoms with Crippen LogP contribution < -0.4 is 0 Å². The number of aryl methyl sites for hydroxylation is 1. The Hall–Kier alpha value is -1.57. The number of esters is 1. The molecule has 0 unspecified atom stereocenters. The molecule has 0 bridgehead atoms. The van der Waals surface area contributed by atoms with E-state index in [2.05, 4.69) is 6.58 Å². The molecule has 1 aromatic rings. The monoisotopic (exact) mass is 204 g/mol. The molecule has 0 aliphatic rings. The van der Waals surface area contributed by atoms with Crippen molar-refractivity contribution in [2.75, 3.05) is 6.61 Å². The maximum atomic E-state index is 11.5. The van der Waals surface area contributed by atoms with Gasteiger partial charge >= 0.3 is 5.97 Å². The van der Waals surface area contributed by atoms with Gasteiger partial charge in [0.1, 0.15) is 0 Å². The van der Waals surface area contributed by atoms with Crippen LogP contribution in [0.15, 0.2) is 30.9 Å². The molecule has 0 spiro atoms. The summed E-state index contributed by atoms with van der Waals surface area (Å²) in [6, 6.07) is 5.74. The Bertz CT molecular complexity index is 367. The predicted molar refractivity (Wildman–Crippen MR) is 61.0 cm³/mol. The minimum atomic E-state index is -0.258. The first-order valence-corrected chi connectivity index (χ1v) is 5.06. The van der Waals surface area contributed by atoms with Crippen molar-refractivity contribution in [3.63, 3.8) is 0 Å². The molecule has 1 rings (SSSR count). The van der Waals surface area contributed by atoms with Crippen LogP contribution in [0.5, 0.6) is 0 Å². The second-order valence-corrected chi connectivity index (χ2v) is 3.42. The first-order valence-electron chi connectivity index (χ1n) is 5.06. The molecule has 0 aliphatic carbocycles. The van der Waals surface area contributed by atoms with Gasteiger partial charge in [0.25, 0.3) is 0 Å². The van der Waals surface area contributed by atoms with Crippen LogP contribution in [0.3, 0.4) is 0 Å². The molecule has 0 amide bonds. The van der Waals surface area contributed by atoms with Gasteiger partial charge in [-0.3, -0.25) is 0 Å². The topological polar surface area (TPSA) is 26.3 Å². The Labute approximate surface area is 90.6 Å². The Kier molecular flexibility index (Phi) is 4.10. The van der Waals surface area contributed by atoms with E-state index in [9.17, 15) is 4.79 Å². The third-order valence-electron chi connectivity index (χ3n) is 2.03. The Morgan fingerprint density at radius 2 is 2.20 bits per heavy atom. The second kappa shape index (κ2) is 5.35. The molecule has 0 radical (unpaired) electrons. The van der Waals surface area contributed by atoms with Gasteiger partial charge in [0, 0.05) is 0 Å². The van der Waals surface area contributed by atoms with Crippen LogP contribution in [0.4, 0.5) is 0 Å². The van der Waals surface area contributed by atoms with Crippen molar-refractivity contribution in [1.82, 2.24) is 0 Å². The maximum Gasteiger partial charge on any atom is 0.338 e. The molecule has 0 saturated heterocycles. The van der Waals surface area contributed by atoms with Gasteiger partial charge in [-0.25, -0.2) is 4.79 Å². The van der Waals surface area contributed by atoms with Crippen molar-refractivity contribution in [2.24, 2.45) is 0 Å². The molecule has 15 heavy (non-hydrogen) atoms. The Morgan fingerprint density at radius 1 is 1.47 bits per heavy atom. The van der Waals surface area contributed by atoms with Crippen molar-refractivity contribution < 1.29 is 9.53 Å². The highest BCUT2D eigenvalue weighted by Gasteiger charge is 2.07. The molecule has 0 fully saturated rings. The molecule has 0 aliphatic heterocycles. The van der Waals surface area contributed by atoms with Gasteiger partial charge in [-0.2, -0.15) is 0 Å². The second-order valence-electron chi connectivity index (χ2n) is 3.42. The summed E-state index contributed by atoms with van der Waals surface area (Å²) in [7, 11) is 0. The lowest BCUT2D eigenvalue weighted by molar-refractivity contribution is 0.0526. The fourth-order valence-corrected chi connectivity index (χ4v) is 1.48.